The fourth-order valence-corrected chi connectivity index (χ4v) is 1.43. The van der Waals surface area contributed by atoms with Crippen molar-refractivity contribution in [2.45, 2.75) is 10.3 Å². The molecule has 1 rings (SSSR count). The molecule has 8 nitrogen and oxygen atoms in total. The van der Waals surface area contributed by atoms with Crippen LogP contribution in [0, 0.1) is 0 Å². The molecule has 0 bridgehead atoms. The van der Waals surface area contributed by atoms with Crippen LogP contribution >= 0.6 is 0 Å². The average molecular weight is 239 g/mol. The van der Waals surface area contributed by atoms with E-state index in [4.69, 9.17) is 4.55 Å². The summed E-state index contributed by atoms with van der Waals surface area (Å²) >= 11 is -1.97. The Balaban J connectivity index is 3.21. The maximum Gasteiger partial charge on any atom is 0.330 e. The highest BCUT2D eigenvalue weighted by atomic mass is 32.2. The molecule has 0 amide bonds. The first-order chi connectivity index (χ1) is 6.45. The molecule has 1 N–H and O–H groups in total. The van der Waals surface area contributed by atoms with Crippen LogP contribution in [0.4, 0.5) is 0 Å². The minimum absolute atomic E-state index is 0.380. The van der Waals surface area contributed by atoms with Crippen LogP contribution in [0.1, 0.15) is 0 Å². The molecule has 1 atom stereocenters. The van der Waals surface area contributed by atoms with E-state index in [1.54, 1.807) is 0 Å². The molecule has 14 heavy (non-hydrogen) atoms. The standard InChI is InChI=1S/C4H5N3O5S2/c1-12-13(8)3-5-2-6-4(7-3)14(9,10)11/h2H,1H3,(H,9,10,11). The van der Waals surface area contributed by atoms with Crippen LogP contribution in [-0.2, 0) is 25.4 Å². The fourth-order valence-electron chi connectivity index (χ4n) is 0.546. The maximum atomic E-state index is 11.0. The molecule has 1 aromatic heterocycles. The van der Waals surface area contributed by atoms with Crippen molar-refractivity contribution >= 4 is 21.2 Å². The first-order valence-corrected chi connectivity index (χ1v) is 5.59. The van der Waals surface area contributed by atoms with E-state index < -0.39 is 26.4 Å². The zero-order chi connectivity index (χ0) is 10.8. The number of hydrogen-bond donors (Lipinski definition) is 1. The second-order valence-corrected chi connectivity index (χ2v) is 4.41. The van der Waals surface area contributed by atoms with Crippen LogP contribution in [-0.4, -0.2) is 39.2 Å². The highest BCUT2D eigenvalue weighted by Crippen LogP contribution is 2.03. The quantitative estimate of drug-likeness (QED) is 0.652. The second kappa shape index (κ2) is 4.04. The Morgan fingerprint density at radius 2 is 2.14 bits per heavy atom. The number of aromatic nitrogens is 3. The summed E-state index contributed by atoms with van der Waals surface area (Å²) in [5.41, 5.74) is 0. The zero-order valence-electron chi connectivity index (χ0n) is 6.82. The third-order valence-corrected chi connectivity index (χ3v) is 2.51. The van der Waals surface area contributed by atoms with Crippen LogP contribution in [0.25, 0.3) is 0 Å². The average Bonchev–Trinajstić information content (AvgIpc) is 2.15. The van der Waals surface area contributed by atoms with Gasteiger partial charge in [0.25, 0.3) is 10.3 Å². The van der Waals surface area contributed by atoms with E-state index in [1.165, 1.54) is 0 Å². The lowest BCUT2D eigenvalue weighted by atomic mass is 11.1. The Morgan fingerprint density at radius 3 is 2.64 bits per heavy atom. The normalized spacial score (nSPS) is 13.9. The summed E-state index contributed by atoms with van der Waals surface area (Å²) in [5, 5.41) is -1.25. The Labute approximate surface area is 81.8 Å². The predicted octanol–water partition coefficient (Wildman–Crippen LogP) is -1.21. The first kappa shape index (κ1) is 11.1. The highest BCUT2D eigenvalue weighted by molar-refractivity contribution is 7.85. The molecular weight excluding hydrogens is 234 g/mol. The summed E-state index contributed by atoms with van der Waals surface area (Å²) < 4.78 is 45.0. The third-order valence-electron chi connectivity index (χ3n) is 1.06. The van der Waals surface area contributed by atoms with Crippen molar-refractivity contribution < 1.29 is 21.4 Å². The second-order valence-electron chi connectivity index (χ2n) is 1.93. The lowest BCUT2D eigenvalue weighted by Crippen LogP contribution is -2.09. The third kappa shape index (κ3) is 2.51. The molecule has 78 valence electrons. The summed E-state index contributed by atoms with van der Waals surface area (Å²) in [7, 11) is -3.39. The summed E-state index contributed by atoms with van der Waals surface area (Å²) in [5.74, 6) is 0. The molecule has 1 aromatic rings. The van der Waals surface area contributed by atoms with E-state index in [0.717, 1.165) is 13.4 Å². The van der Waals surface area contributed by atoms with E-state index in [9.17, 15) is 12.6 Å². The fraction of sp³-hybridized carbons (Fsp3) is 0.250. The van der Waals surface area contributed by atoms with Crippen molar-refractivity contribution in [3.63, 3.8) is 0 Å². The van der Waals surface area contributed by atoms with Crippen molar-refractivity contribution in [1.29, 1.82) is 0 Å². The van der Waals surface area contributed by atoms with Gasteiger partial charge in [-0.1, -0.05) is 0 Å². The van der Waals surface area contributed by atoms with Gasteiger partial charge in [0.05, 0.1) is 7.11 Å². The van der Waals surface area contributed by atoms with Crippen molar-refractivity contribution in [2.24, 2.45) is 0 Å². The van der Waals surface area contributed by atoms with E-state index in [0.29, 0.717) is 0 Å². The molecule has 0 aliphatic rings. The van der Waals surface area contributed by atoms with Crippen molar-refractivity contribution in [1.82, 2.24) is 15.0 Å². The van der Waals surface area contributed by atoms with E-state index >= 15 is 0 Å². The minimum atomic E-state index is -4.52. The van der Waals surface area contributed by atoms with Gasteiger partial charge in [0.2, 0.25) is 11.1 Å². The topological polar surface area (TPSA) is 119 Å². The molecule has 0 fully saturated rings. The Hall–Kier alpha value is -0.970. The number of hydrogen-bond acceptors (Lipinski definition) is 7. The van der Waals surface area contributed by atoms with Crippen LogP contribution in [0.2, 0.25) is 0 Å². The molecule has 1 unspecified atom stereocenters. The monoisotopic (exact) mass is 239 g/mol. The van der Waals surface area contributed by atoms with Gasteiger partial charge in [0, 0.05) is 0 Å². The number of rotatable bonds is 3. The van der Waals surface area contributed by atoms with Gasteiger partial charge in [-0.15, -0.1) is 0 Å². The lowest BCUT2D eigenvalue weighted by Gasteiger charge is -1.97. The van der Waals surface area contributed by atoms with E-state index in [-0.39, 0.29) is 5.16 Å². The molecule has 10 heteroatoms. The predicted molar refractivity (Wildman–Crippen MR) is 43.1 cm³/mol. The highest BCUT2D eigenvalue weighted by Gasteiger charge is 2.16. The maximum absolute atomic E-state index is 11.0. The summed E-state index contributed by atoms with van der Waals surface area (Å²) in [6, 6.07) is 0. The van der Waals surface area contributed by atoms with Gasteiger partial charge < -0.3 is 0 Å². The molecule has 0 aliphatic heterocycles. The lowest BCUT2D eigenvalue weighted by molar-refractivity contribution is 0.437. The van der Waals surface area contributed by atoms with Crippen molar-refractivity contribution in [3.8, 4) is 0 Å². The van der Waals surface area contributed by atoms with Crippen LogP contribution in [0.15, 0.2) is 16.6 Å². The minimum Gasteiger partial charge on any atom is -0.288 e. The summed E-state index contributed by atoms with van der Waals surface area (Å²) in [6.07, 6.45) is 0.808. The van der Waals surface area contributed by atoms with Gasteiger partial charge in [-0.25, -0.2) is 14.2 Å². The Bertz CT molecular complexity index is 458. The Kier molecular flexibility index (Phi) is 3.21. The van der Waals surface area contributed by atoms with Crippen LogP contribution in [0.5, 0.6) is 0 Å². The summed E-state index contributed by atoms with van der Waals surface area (Å²) in [6.45, 7) is 0. The molecule has 0 aliphatic carbocycles. The van der Waals surface area contributed by atoms with Gasteiger partial charge in [-0.3, -0.25) is 8.74 Å². The van der Waals surface area contributed by atoms with Gasteiger partial charge in [-0.2, -0.15) is 13.4 Å². The smallest absolute Gasteiger partial charge is 0.288 e. The van der Waals surface area contributed by atoms with Crippen LogP contribution in [0.3, 0.4) is 0 Å². The largest absolute Gasteiger partial charge is 0.330 e. The van der Waals surface area contributed by atoms with Gasteiger partial charge >= 0.3 is 10.1 Å². The van der Waals surface area contributed by atoms with Gasteiger partial charge in [0.15, 0.2) is 0 Å². The van der Waals surface area contributed by atoms with E-state index in [2.05, 4.69) is 19.1 Å². The van der Waals surface area contributed by atoms with Crippen molar-refractivity contribution in [3.05, 3.63) is 6.33 Å². The SMILES string of the molecule is COS(=O)c1ncnc(S(=O)(=O)O)n1. The van der Waals surface area contributed by atoms with Gasteiger partial charge in [-0.05, 0) is 0 Å². The molecule has 1 heterocycles. The zero-order valence-corrected chi connectivity index (χ0v) is 8.45. The molecule has 0 spiro atoms. The Morgan fingerprint density at radius 1 is 1.50 bits per heavy atom. The molecule has 0 saturated heterocycles. The first-order valence-electron chi connectivity index (χ1n) is 3.08. The molecular formula is C4H5N3O5S2. The molecule has 0 saturated carbocycles. The van der Waals surface area contributed by atoms with Crippen LogP contribution < -0.4 is 0 Å². The number of nitrogens with zero attached hydrogens (tertiary/aromatic N) is 3. The van der Waals surface area contributed by atoms with E-state index in [1.807, 2.05) is 0 Å². The van der Waals surface area contributed by atoms with Gasteiger partial charge in [0.1, 0.15) is 6.33 Å². The summed E-state index contributed by atoms with van der Waals surface area (Å²) in [4.78, 5) is 9.81. The molecule has 0 radical (unpaired) electrons. The van der Waals surface area contributed by atoms with Crippen molar-refractivity contribution in [2.75, 3.05) is 7.11 Å². The molecule has 0 aromatic carbocycles.